The van der Waals surface area contributed by atoms with Crippen LogP contribution in [0, 0.1) is 11.6 Å². The van der Waals surface area contributed by atoms with Gasteiger partial charge in [-0.1, -0.05) is 12.1 Å². The number of likely N-dealkylation sites (N-methyl/N-ethyl adjacent to an activating group) is 1. The highest BCUT2D eigenvalue weighted by Crippen LogP contribution is 2.19. The van der Waals surface area contributed by atoms with Gasteiger partial charge in [0.15, 0.2) is 17.3 Å². The summed E-state index contributed by atoms with van der Waals surface area (Å²) in [6, 6.07) is 10.4. The van der Waals surface area contributed by atoms with Gasteiger partial charge in [0.1, 0.15) is 5.82 Å². The predicted octanol–water partition coefficient (Wildman–Crippen LogP) is 3.05. The van der Waals surface area contributed by atoms with E-state index in [2.05, 4.69) is 5.32 Å². The Balaban J connectivity index is 1.96. The lowest BCUT2D eigenvalue weighted by atomic mass is 10.1. The van der Waals surface area contributed by atoms with Crippen LogP contribution in [0.4, 0.5) is 8.78 Å². The van der Waals surface area contributed by atoms with E-state index in [0.717, 1.165) is 5.56 Å². The second-order valence-electron chi connectivity index (χ2n) is 5.93. The zero-order valence-electron chi connectivity index (χ0n) is 14.6. The molecule has 0 saturated heterocycles. The maximum atomic E-state index is 13.7. The number of ketones is 1. The Hall–Kier alpha value is -2.31. The van der Waals surface area contributed by atoms with E-state index in [1.807, 2.05) is 19.0 Å². The fraction of sp³-hybridized carbons (Fsp3) is 0.316. The van der Waals surface area contributed by atoms with Crippen LogP contribution in [-0.4, -0.2) is 45.0 Å². The van der Waals surface area contributed by atoms with Crippen molar-refractivity contribution in [1.29, 1.82) is 0 Å². The highest BCUT2D eigenvalue weighted by Gasteiger charge is 2.15. The zero-order valence-corrected chi connectivity index (χ0v) is 14.6. The molecule has 0 bridgehead atoms. The molecule has 0 saturated carbocycles. The molecule has 1 N–H and O–H groups in total. The van der Waals surface area contributed by atoms with Crippen molar-refractivity contribution in [2.75, 3.05) is 34.3 Å². The molecule has 0 heterocycles. The van der Waals surface area contributed by atoms with Crippen molar-refractivity contribution in [3.63, 3.8) is 0 Å². The Labute approximate surface area is 146 Å². The molecular formula is C19H22F2N2O2. The molecule has 6 heteroatoms. The van der Waals surface area contributed by atoms with Crippen molar-refractivity contribution < 1.29 is 18.3 Å². The van der Waals surface area contributed by atoms with Crippen LogP contribution in [0.15, 0.2) is 42.5 Å². The van der Waals surface area contributed by atoms with Crippen molar-refractivity contribution in [1.82, 2.24) is 10.2 Å². The maximum absolute atomic E-state index is 13.7. The number of nitrogens with zero attached hydrogens (tertiary/aromatic N) is 1. The van der Waals surface area contributed by atoms with Gasteiger partial charge >= 0.3 is 0 Å². The van der Waals surface area contributed by atoms with E-state index >= 15 is 0 Å². The van der Waals surface area contributed by atoms with Gasteiger partial charge in [0, 0.05) is 18.2 Å². The van der Waals surface area contributed by atoms with E-state index in [0.29, 0.717) is 6.54 Å². The summed E-state index contributed by atoms with van der Waals surface area (Å²) in [5.74, 6) is -0.955. The first-order valence-corrected chi connectivity index (χ1v) is 7.91. The number of ether oxygens (including phenoxy) is 1. The molecule has 2 aromatic rings. The normalized spacial score (nSPS) is 12.2. The van der Waals surface area contributed by atoms with Gasteiger partial charge in [0.05, 0.1) is 13.7 Å². The largest absolute Gasteiger partial charge is 0.494 e. The first kappa shape index (κ1) is 19.0. The third-order valence-electron chi connectivity index (χ3n) is 3.98. The average molecular weight is 348 g/mol. The minimum Gasteiger partial charge on any atom is -0.494 e. The van der Waals surface area contributed by atoms with Gasteiger partial charge in [-0.25, -0.2) is 8.78 Å². The van der Waals surface area contributed by atoms with E-state index in [4.69, 9.17) is 4.74 Å². The molecule has 0 radical (unpaired) electrons. The lowest BCUT2D eigenvalue weighted by Gasteiger charge is -2.25. The number of nitrogens with one attached hydrogen (secondary N) is 1. The minimum atomic E-state index is -0.564. The molecular weight excluding hydrogens is 326 g/mol. The van der Waals surface area contributed by atoms with Crippen LogP contribution in [0.5, 0.6) is 5.75 Å². The number of halogens is 2. The van der Waals surface area contributed by atoms with Crippen LogP contribution >= 0.6 is 0 Å². The van der Waals surface area contributed by atoms with Crippen LogP contribution in [0.25, 0.3) is 0 Å². The van der Waals surface area contributed by atoms with Crippen LogP contribution in [-0.2, 0) is 0 Å². The van der Waals surface area contributed by atoms with Gasteiger partial charge in [0.2, 0.25) is 0 Å². The average Bonchev–Trinajstić information content (AvgIpc) is 2.59. The Morgan fingerprint density at radius 2 is 1.84 bits per heavy atom. The van der Waals surface area contributed by atoms with E-state index in [1.165, 1.54) is 37.4 Å². The quantitative estimate of drug-likeness (QED) is 0.745. The van der Waals surface area contributed by atoms with Gasteiger partial charge in [0.25, 0.3) is 0 Å². The molecule has 134 valence electrons. The summed E-state index contributed by atoms with van der Waals surface area (Å²) in [7, 11) is 5.20. The third-order valence-corrected chi connectivity index (χ3v) is 3.98. The molecule has 1 atom stereocenters. The predicted molar refractivity (Wildman–Crippen MR) is 93.0 cm³/mol. The van der Waals surface area contributed by atoms with Gasteiger partial charge < -0.3 is 15.0 Å². The Morgan fingerprint density at radius 3 is 2.40 bits per heavy atom. The molecule has 2 rings (SSSR count). The number of rotatable bonds is 8. The number of hydrogen-bond donors (Lipinski definition) is 1. The van der Waals surface area contributed by atoms with Crippen molar-refractivity contribution in [3.8, 4) is 5.75 Å². The Kier molecular flexibility index (Phi) is 6.61. The number of benzene rings is 2. The SMILES string of the molecule is COc1ccc(C(=O)CNCC(c2ccc(F)cc2)N(C)C)cc1F. The lowest BCUT2D eigenvalue weighted by molar-refractivity contribution is 0.0988. The van der Waals surface area contributed by atoms with Gasteiger partial charge in [-0.3, -0.25) is 4.79 Å². The summed E-state index contributed by atoms with van der Waals surface area (Å²) in [4.78, 5) is 14.2. The lowest BCUT2D eigenvalue weighted by Crippen LogP contribution is -2.33. The van der Waals surface area contributed by atoms with Crippen LogP contribution in [0.1, 0.15) is 22.0 Å². The molecule has 0 aromatic heterocycles. The number of methoxy groups -OCH3 is 1. The molecule has 0 amide bonds. The standard InChI is InChI=1S/C19H22F2N2O2/c1-23(2)17(13-4-7-15(20)8-5-13)11-22-12-18(24)14-6-9-19(25-3)16(21)10-14/h4-10,17,22H,11-12H2,1-3H3. The van der Waals surface area contributed by atoms with E-state index in [-0.39, 0.29) is 35.5 Å². The van der Waals surface area contributed by atoms with Crippen LogP contribution < -0.4 is 10.1 Å². The van der Waals surface area contributed by atoms with E-state index in [9.17, 15) is 13.6 Å². The summed E-state index contributed by atoms with van der Waals surface area (Å²) >= 11 is 0. The van der Waals surface area contributed by atoms with Crippen molar-refractivity contribution in [3.05, 3.63) is 65.2 Å². The molecule has 0 aliphatic carbocycles. The number of Topliss-reactive ketones (excluding diaryl/α,β-unsaturated/α-hetero) is 1. The molecule has 1 unspecified atom stereocenters. The van der Waals surface area contributed by atoms with E-state index in [1.54, 1.807) is 12.1 Å². The topological polar surface area (TPSA) is 41.6 Å². The monoisotopic (exact) mass is 348 g/mol. The van der Waals surface area contributed by atoms with Gasteiger partial charge in [-0.2, -0.15) is 0 Å². The summed E-state index contributed by atoms with van der Waals surface area (Å²) in [5, 5.41) is 3.09. The van der Waals surface area contributed by atoms with Gasteiger partial charge in [-0.05, 0) is 50.0 Å². The molecule has 4 nitrogen and oxygen atoms in total. The molecule has 0 spiro atoms. The van der Waals surface area contributed by atoms with E-state index < -0.39 is 5.82 Å². The fourth-order valence-corrected chi connectivity index (χ4v) is 2.55. The summed E-state index contributed by atoms with van der Waals surface area (Å²) < 4.78 is 31.6. The minimum absolute atomic E-state index is 0.0130. The zero-order chi connectivity index (χ0) is 18.4. The summed E-state index contributed by atoms with van der Waals surface area (Å²) in [6.45, 7) is 0.584. The first-order chi connectivity index (χ1) is 11.9. The Morgan fingerprint density at radius 1 is 1.16 bits per heavy atom. The molecule has 2 aromatic carbocycles. The highest BCUT2D eigenvalue weighted by atomic mass is 19.1. The second-order valence-corrected chi connectivity index (χ2v) is 5.93. The molecule has 25 heavy (non-hydrogen) atoms. The van der Waals surface area contributed by atoms with Crippen LogP contribution in [0.2, 0.25) is 0 Å². The number of hydrogen-bond acceptors (Lipinski definition) is 4. The third kappa shape index (κ3) is 5.08. The smallest absolute Gasteiger partial charge is 0.176 e. The van der Waals surface area contributed by atoms with Crippen LogP contribution in [0.3, 0.4) is 0 Å². The van der Waals surface area contributed by atoms with Crippen molar-refractivity contribution in [2.45, 2.75) is 6.04 Å². The first-order valence-electron chi connectivity index (χ1n) is 7.91. The second kappa shape index (κ2) is 8.69. The highest BCUT2D eigenvalue weighted by molar-refractivity contribution is 5.97. The number of carbonyl (C=O) groups excluding carboxylic acids is 1. The summed E-state index contributed by atoms with van der Waals surface area (Å²) in [6.07, 6.45) is 0. The van der Waals surface area contributed by atoms with Gasteiger partial charge in [-0.15, -0.1) is 0 Å². The molecule has 0 aliphatic heterocycles. The summed E-state index contributed by atoms with van der Waals surface area (Å²) in [5.41, 5.74) is 1.23. The molecule has 0 aliphatic rings. The number of carbonyl (C=O) groups is 1. The van der Waals surface area contributed by atoms with Crippen molar-refractivity contribution >= 4 is 5.78 Å². The fourth-order valence-electron chi connectivity index (χ4n) is 2.55. The molecule has 0 fully saturated rings. The van der Waals surface area contributed by atoms with Crippen molar-refractivity contribution in [2.24, 2.45) is 0 Å². The maximum Gasteiger partial charge on any atom is 0.176 e. The Bertz CT molecular complexity index is 718.